The van der Waals surface area contributed by atoms with E-state index in [9.17, 15) is 0 Å². The first-order chi connectivity index (χ1) is 10.8. The molecule has 1 aliphatic rings. The van der Waals surface area contributed by atoms with E-state index in [1.54, 1.807) is 0 Å². The second-order valence-electron chi connectivity index (χ2n) is 5.78. The van der Waals surface area contributed by atoms with Gasteiger partial charge in [0, 0.05) is 24.9 Å². The average molecular weight is 301 g/mol. The maximum atomic E-state index is 5.40. The summed E-state index contributed by atoms with van der Waals surface area (Å²) in [5, 5.41) is 4.22. The molecule has 0 amide bonds. The van der Waals surface area contributed by atoms with Crippen LogP contribution in [-0.2, 0) is 6.54 Å². The molecule has 0 aliphatic carbocycles. The number of nitrogens with zero attached hydrogens (tertiary/aromatic N) is 3. The lowest BCUT2D eigenvalue weighted by Crippen LogP contribution is -2.33. The molecule has 0 spiro atoms. The lowest BCUT2D eigenvalue weighted by Gasteiger charge is -2.34. The number of likely N-dealkylation sites (tertiary alicyclic amines) is 1. The summed E-state index contributed by atoms with van der Waals surface area (Å²) in [6.45, 7) is 6.53. The molecule has 1 atom stereocenters. The lowest BCUT2D eigenvalue weighted by atomic mass is 9.98. The number of hydrogen-bond donors (Lipinski definition) is 0. The summed E-state index contributed by atoms with van der Waals surface area (Å²) >= 11 is 0. The van der Waals surface area contributed by atoms with Gasteiger partial charge in [-0.05, 0) is 38.8 Å². The van der Waals surface area contributed by atoms with Gasteiger partial charge in [0.15, 0.2) is 0 Å². The summed E-state index contributed by atoms with van der Waals surface area (Å²) in [7, 11) is 0. The van der Waals surface area contributed by atoms with Gasteiger partial charge in [0.1, 0.15) is 11.5 Å². The van der Waals surface area contributed by atoms with Crippen molar-refractivity contribution in [2.75, 3.05) is 13.2 Å². The summed E-state index contributed by atoms with van der Waals surface area (Å²) in [5.41, 5.74) is 2.26. The summed E-state index contributed by atoms with van der Waals surface area (Å²) in [6.07, 6.45) is 5.52. The Morgan fingerprint density at radius 2 is 2.27 bits per heavy atom. The van der Waals surface area contributed by atoms with E-state index < -0.39 is 0 Å². The minimum absolute atomic E-state index is 0.345. The summed E-state index contributed by atoms with van der Waals surface area (Å²) in [5.74, 6) is 1.57. The van der Waals surface area contributed by atoms with Crippen LogP contribution in [0, 0.1) is 6.92 Å². The van der Waals surface area contributed by atoms with Crippen LogP contribution in [0.2, 0.25) is 0 Å². The highest BCUT2D eigenvalue weighted by molar-refractivity contribution is 5.18. The number of pyridine rings is 1. The molecule has 0 radical (unpaired) electrons. The second-order valence-corrected chi connectivity index (χ2v) is 5.78. The number of aromatic nitrogens is 2. The zero-order chi connectivity index (χ0) is 15.4. The predicted molar refractivity (Wildman–Crippen MR) is 83.6 cm³/mol. The molecular weight excluding hydrogens is 278 g/mol. The van der Waals surface area contributed by atoms with Gasteiger partial charge in [0.2, 0.25) is 5.88 Å². The Morgan fingerprint density at radius 3 is 2.95 bits per heavy atom. The number of aryl methyl sites for hydroxylation is 1. The van der Waals surface area contributed by atoms with E-state index >= 15 is 0 Å². The summed E-state index contributed by atoms with van der Waals surface area (Å²) in [4.78, 5) is 6.82. The zero-order valence-electron chi connectivity index (χ0n) is 13.3. The van der Waals surface area contributed by atoms with Gasteiger partial charge in [-0.3, -0.25) is 4.90 Å². The van der Waals surface area contributed by atoms with Gasteiger partial charge >= 0.3 is 0 Å². The van der Waals surface area contributed by atoms with Crippen molar-refractivity contribution in [1.82, 2.24) is 15.0 Å². The Morgan fingerprint density at radius 1 is 1.36 bits per heavy atom. The van der Waals surface area contributed by atoms with Crippen LogP contribution in [0.25, 0.3) is 0 Å². The van der Waals surface area contributed by atoms with E-state index in [1.165, 1.54) is 18.4 Å². The van der Waals surface area contributed by atoms with Crippen LogP contribution in [0.15, 0.2) is 28.9 Å². The van der Waals surface area contributed by atoms with Crippen molar-refractivity contribution in [2.24, 2.45) is 0 Å². The summed E-state index contributed by atoms with van der Waals surface area (Å²) in [6, 6.07) is 6.44. The minimum Gasteiger partial charge on any atom is -0.478 e. The molecule has 5 nitrogen and oxygen atoms in total. The van der Waals surface area contributed by atoms with Crippen molar-refractivity contribution < 1.29 is 9.26 Å². The molecule has 2 aromatic heterocycles. The quantitative estimate of drug-likeness (QED) is 0.846. The third-order valence-corrected chi connectivity index (χ3v) is 4.08. The molecule has 0 N–H and O–H groups in total. The van der Waals surface area contributed by atoms with Gasteiger partial charge in [-0.25, -0.2) is 4.98 Å². The molecule has 0 saturated carbocycles. The molecule has 118 valence electrons. The van der Waals surface area contributed by atoms with Crippen LogP contribution >= 0.6 is 0 Å². The zero-order valence-corrected chi connectivity index (χ0v) is 13.3. The molecule has 2 aromatic rings. The largest absolute Gasteiger partial charge is 0.478 e. The predicted octanol–water partition coefficient (Wildman–Crippen LogP) is 3.50. The molecule has 5 heteroatoms. The summed E-state index contributed by atoms with van der Waals surface area (Å²) < 4.78 is 10.7. The molecule has 1 fully saturated rings. The third-order valence-electron chi connectivity index (χ3n) is 4.08. The molecule has 1 saturated heterocycles. The van der Waals surface area contributed by atoms with Gasteiger partial charge < -0.3 is 9.26 Å². The van der Waals surface area contributed by atoms with Gasteiger partial charge in [-0.1, -0.05) is 17.6 Å². The molecule has 0 bridgehead atoms. The van der Waals surface area contributed by atoms with E-state index in [0.29, 0.717) is 18.5 Å². The smallest absolute Gasteiger partial charge is 0.213 e. The first-order valence-corrected chi connectivity index (χ1v) is 8.01. The normalized spacial score (nSPS) is 19.3. The molecular formula is C17H23N3O2. The Bertz CT molecular complexity index is 594. The highest BCUT2D eigenvalue weighted by Gasteiger charge is 2.26. The Labute approximate surface area is 131 Å². The number of rotatable bonds is 5. The fraction of sp³-hybridized carbons (Fsp3) is 0.529. The van der Waals surface area contributed by atoms with Gasteiger partial charge in [0.25, 0.3) is 0 Å². The molecule has 3 rings (SSSR count). The van der Waals surface area contributed by atoms with Crippen LogP contribution in [-0.4, -0.2) is 28.2 Å². The van der Waals surface area contributed by atoms with Crippen molar-refractivity contribution in [2.45, 2.75) is 45.7 Å². The van der Waals surface area contributed by atoms with E-state index in [-0.39, 0.29) is 0 Å². The van der Waals surface area contributed by atoms with Crippen molar-refractivity contribution in [3.8, 4) is 5.88 Å². The Balaban J connectivity index is 1.71. The standard InChI is InChI=1S/C17H23N3O2/c1-3-21-17-8-7-14(11-18-17)12-20-9-5-4-6-16(20)15-10-13(2)22-19-15/h7-8,10-11,16H,3-6,9,12H2,1-2H3. The van der Waals surface area contributed by atoms with Gasteiger partial charge in [0.05, 0.1) is 12.6 Å². The van der Waals surface area contributed by atoms with Crippen LogP contribution in [0.1, 0.15) is 49.2 Å². The lowest BCUT2D eigenvalue weighted by molar-refractivity contribution is 0.133. The molecule has 22 heavy (non-hydrogen) atoms. The fourth-order valence-corrected chi connectivity index (χ4v) is 3.03. The van der Waals surface area contributed by atoms with E-state index in [0.717, 1.165) is 31.0 Å². The first kappa shape index (κ1) is 15.0. The number of piperidine rings is 1. The van der Waals surface area contributed by atoms with Crippen LogP contribution in [0.5, 0.6) is 5.88 Å². The Hall–Kier alpha value is -1.88. The van der Waals surface area contributed by atoms with Crippen molar-refractivity contribution in [3.05, 3.63) is 41.4 Å². The van der Waals surface area contributed by atoms with E-state index in [2.05, 4.69) is 27.2 Å². The third kappa shape index (κ3) is 3.47. The average Bonchev–Trinajstić information content (AvgIpc) is 2.96. The number of hydrogen-bond acceptors (Lipinski definition) is 5. The van der Waals surface area contributed by atoms with E-state index in [4.69, 9.17) is 9.26 Å². The monoisotopic (exact) mass is 301 g/mol. The topological polar surface area (TPSA) is 51.4 Å². The minimum atomic E-state index is 0.345. The van der Waals surface area contributed by atoms with E-state index in [1.807, 2.05) is 26.1 Å². The van der Waals surface area contributed by atoms with Gasteiger partial charge in [-0.2, -0.15) is 0 Å². The SMILES string of the molecule is CCOc1ccc(CN2CCCCC2c2cc(C)on2)cn1. The maximum absolute atomic E-state index is 5.40. The fourth-order valence-electron chi connectivity index (χ4n) is 3.03. The molecule has 0 aromatic carbocycles. The van der Waals surface area contributed by atoms with Gasteiger partial charge in [-0.15, -0.1) is 0 Å². The molecule has 3 heterocycles. The van der Waals surface area contributed by atoms with Crippen LogP contribution in [0.4, 0.5) is 0 Å². The molecule has 1 unspecified atom stereocenters. The number of ether oxygens (including phenoxy) is 1. The maximum Gasteiger partial charge on any atom is 0.213 e. The van der Waals surface area contributed by atoms with Crippen molar-refractivity contribution in [1.29, 1.82) is 0 Å². The van der Waals surface area contributed by atoms with Crippen LogP contribution < -0.4 is 4.74 Å². The highest BCUT2D eigenvalue weighted by atomic mass is 16.5. The highest BCUT2D eigenvalue weighted by Crippen LogP contribution is 2.31. The van der Waals surface area contributed by atoms with Crippen molar-refractivity contribution >= 4 is 0 Å². The molecule has 1 aliphatic heterocycles. The van der Waals surface area contributed by atoms with Crippen LogP contribution in [0.3, 0.4) is 0 Å². The first-order valence-electron chi connectivity index (χ1n) is 8.01. The second kappa shape index (κ2) is 6.92. The Kier molecular flexibility index (Phi) is 4.73. The van der Waals surface area contributed by atoms with Crippen molar-refractivity contribution in [3.63, 3.8) is 0 Å².